The van der Waals surface area contributed by atoms with E-state index in [1.54, 1.807) is 24.3 Å². The lowest BCUT2D eigenvalue weighted by Gasteiger charge is -2.25. The quantitative estimate of drug-likeness (QED) is 0.566. The number of hydrogen-bond donors (Lipinski definition) is 1. The predicted molar refractivity (Wildman–Crippen MR) is 60.7 cm³/mol. The second-order valence-electron chi connectivity index (χ2n) is 3.19. The van der Waals surface area contributed by atoms with Crippen molar-refractivity contribution < 1.29 is 9.59 Å². The molecule has 1 aliphatic heterocycles. The second-order valence-corrected chi connectivity index (χ2v) is 4.26. The van der Waals surface area contributed by atoms with Gasteiger partial charge in [0.1, 0.15) is 0 Å². The first-order valence-electron chi connectivity index (χ1n) is 4.52. The van der Waals surface area contributed by atoms with E-state index in [-0.39, 0.29) is 0 Å². The van der Waals surface area contributed by atoms with Crippen molar-refractivity contribution in [3.05, 3.63) is 24.3 Å². The summed E-state index contributed by atoms with van der Waals surface area (Å²) in [7, 11) is 0. The van der Waals surface area contributed by atoms with Crippen LogP contribution in [0.2, 0.25) is 0 Å². The third kappa shape index (κ3) is 1.97. The molecule has 1 saturated heterocycles. The van der Waals surface area contributed by atoms with Crippen molar-refractivity contribution >= 4 is 34.2 Å². The van der Waals surface area contributed by atoms with Gasteiger partial charge in [-0.2, -0.15) is 0 Å². The molecule has 1 aromatic rings. The molecule has 0 aliphatic carbocycles. The number of amides is 1. The number of anilines is 2. The topological polar surface area (TPSA) is 63.4 Å². The molecule has 1 amide bonds. The van der Waals surface area contributed by atoms with Gasteiger partial charge in [-0.25, -0.2) is 0 Å². The minimum Gasteiger partial charge on any atom is -0.399 e. The van der Waals surface area contributed by atoms with Crippen molar-refractivity contribution in [3.63, 3.8) is 0 Å². The third-order valence-corrected chi connectivity index (χ3v) is 2.97. The van der Waals surface area contributed by atoms with Crippen LogP contribution in [0.5, 0.6) is 0 Å². The molecule has 1 fully saturated rings. The molecule has 2 N–H and O–H groups in total. The lowest BCUT2D eigenvalue weighted by atomic mass is 10.2. The molecule has 5 heteroatoms. The molecule has 4 nitrogen and oxygen atoms in total. The van der Waals surface area contributed by atoms with Crippen LogP contribution in [-0.4, -0.2) is 23.3 Å². The molecule has 0 aromatic heterocycles. The molecule has 0 atom stereocenters. The maximum Gasteiger partial charge on any atom is 0.305 e. The molecule has 0 bridgehead atoms. The number of thioether (sulfide) groups is 1. The average molecular weight is 222 g/mol. The van der Waals surface area contributed by atoms with Gasteiger partial charge in [-0.3, -0.25) is 9.59 Å². The smallest absolute Gasteiger partial charge is 0.305 e. The molecule has 0 unspecified atom stereocenters. The van der Waals surface area contributed by atoms with Gasteiger partial charge < -0.3 is 10.6 Å². The van der Waals surface area contributed by atoms with E-state index in [2.05, 4.69) is 0 Å². The number of carbonyl (C=O) groups is 2. The number of hydrogen-bond acceptors (Lipinski definition) is 4. The first-order valence-corrected chi connectivity index (χ1v) is 5.51. The van der Waals surface area contributed by atoms with Crippen LogP contribution in [0, 0.1) is 0 Å². The number of nitrogens with zero attached hydrogens (tertiary/aromatic N) is 1. The molecule has 0 spiro atoms. The van der Waals surface area contributed by atoms with Crippen molar-refractivity contribution in [2.24, 2.45) is 0 Å². The largest absolute Gasteiger partial charge is 0.399 e. The summed E-state index contributed by atoms with van der Waals surface area (Å²) in [4.78, 5) is 24.2. The van der Waals surface area contributed by atoms with Crippen LogP contribution in [0.3, 0.4) is 0 Å². The summed E-state index contributed by atoms with van der Waals surface area (Å²) in [5.74, 6) is 0.177. The highest BCUT2D eigenvalue weighted by Crippen LogP contribution is 2.22. The highest BCUT2D eigenvalue weighted by atomic mass is 32.2. The van der Waals surface area contributed by atoms with Crippen molar-refractivity contribution in [3.8, 4) is 0 Å². The van der Waals surface area contributed by atoms with Crippen LogP contribution < -0.4 is 10.6 Å². The molecular weight excluding hydrogens is 212 g/mol. The van der Waals surface area contributed by atoms with Gasteiger partial charge in [-0.15, -0.1) is 0 Å². The van der Waals surface area contributed by atoms with Crippen molar-refractivity contribution in [2.75, 3.05) is 22.9 Å². The first-order chi connectivity index (χ1) is 7.18. The normalized spacial score (nSPS) is 16.9. The van der Waals surface area contributed by atoms with Gasteiger partial charge in [0, 0.05) is 23.7 Å². The Balaban J connectivity index is 2.30. The Hall–Kier alpha value is -1.49. The monoisotopic (exact) mass is 222 g/mol. The number of carbonyl (C=O) groups excluding carboxylic acids is 2. The standard InChI is InChI=1S/C10H10N2O2S/c11-7-2-1-3-8(6-7)12-4-5-15-10(14)9(12)13/h1-3,6H,4-5,11H2. The number of benzene rings is 1. The Morgan fingerprint density at radius 3 is 2.87 bits per heavy atom. The lowest BCUT2D eigenvalue weighted by molar-refractivity contribution is -0.131. The van der Waals surface area contributed by atoms with Crippen LogP contribution in [0.15, 0.2) is 24.3 Å². The van der Waals surface area contributed by atoms with E-state index in [0.717, 1.165) is 11.8 Å². The Morgan fingerprint density at radius 2 is 2.13 bits per heavy atom. The highest BCUT2D eigenvalue weighted by Gasteiger charge is 2.27. The number of rotatable bonds is 1. The Bertz CT molecular complexity index is 420. The maximum atomic E-state index is 11.6. The van der Waals surface area contributed by atoms with E-state index in [4.69, 9.17) is 5.73 Å². The SMILES string of the molecule is Nc1cccc(N2CCSC(=O)C2=O)c1. The molecule has 78 valence electrons. The minimum atomic E-state index is -0.461. The Kier molecular flexibility index (Phi) is 2.64. The number of nitrogen functional groups attached to an aromatic ring is 1. The summed E-state index contributed by atoms with van der Waals surface area (Å²) in [6, 6.07) is 6.98. The second kappa shape index (κ2) is 3.94. The van der Waals surface area contributed by atoms with Gasteiger partial charge in [0.15, 0.2) is 0 Å². The van der Waals surface area contributed by atoms with E-state index in [0.29, 0.717) is 23.7 Å². The van der Waals surface area contributed by atoms with E-state index in [1.165, 1.54) is 4.90 Å². The molecule has 1 aromatic carbocycles. The molecule has 1 heterocycles. The van der Waals surface area contributed by atoms with Crippen LogP contribution in [0.1, 0.15) is 0 Å². The van der Waals surface area contributed by atoms with Gasteiger partial charge in [-0.05, 0) is 18.2 Å². The summed E-state index contributed by atoms with van der Waals surface area (Å²) in [5, 5.41) is -0.399. The van der Waals surface area contributed by atoms with E-state index >= 15 is 0 Å². The fourth-order valence-corrected chi connectivity index (χ4v) is 2.14. The molecule has 0 radical (unpaired) electrons. The summed E-state index contributed by atoms with van der Waals surface area (Å²) in [6.45, 7) is 0.554. The van der Waals surface area contributed by atoms with Gasteiger partial charge in [0.25, 0.3) is 5.12 Å². The highest BCUT2D eigenvalue weighted by molar-refractivity contribution is 8.15. The summed E-state index contributed by atoms with van der Waals surface area (Å²) < 4.78 is 0. The molecule has 15 heavy (non-hydrogen) atoms. The zero-order chi connectivity index (χ0) is 10.8. The van der Waals surface area contributed by atoms with Crippen LogP contribution >= 0.6 is 11.8 Å². The zero-order valence-corrected chi connectivity index (χ0v) is 8.79. The first kappa shape index (κ1) is 10.0. The number of nitrogens with two attached hydrogens (primary N) is 1. The van der Waals surface area contributed by atoms with Gasteiger partial charge in [0.2, 0.25) is 0 Å². The van der Waals surface area contributed by atoms with Crippen LogP contribution in [0.4, 0.5) is 11.4 Å². The summed E-state index contributed by atoms with van der Waals surface area (Å²) >= 11 is 1.07. The molecule has 0 saturated carbocycles. The van der Waals surface area contributed by atoms with Gasteiger partial charge >= 0.3 is 5.91 Å². The Labute approximate surface area is 91.4 Å². The summed E-state index contributed by atoms with van der Waals surface area (Å²) in [6.07, 6.45) is 0. The third-order valence-electron chi connectivity index (χ3n) is 2.15. The van der Waals surface area contributed by atoms with E-state index in [9.17, 15) is 9.59 Å². The van der Waals surface area contributed by atoms with E-state index < -0.39 is 11.0 Å². The minimum absolute atomic E-state index is 0.399. The van der Waals surface area contributed by atoms with E-state index in [1.807, 2.05) is 0 Å². The van der Waals surface area contributed by atoms with Crippen LogP contribution in [0.25, 0.3) is 0 Å². The summed E-state index contributed by atoms with van der Waals surface area (Å²) in [5.41, 5.74) is 6.89. The van der Waals surface area contributed by atoms with Crippen molar-refractivity contribution in [2.45, 2.75) is 0 Å². The maximum absolute atomic E-state index is 11.6. The fourth-order valence-electron chi connectivity index (χ4n) is 1.44. The molecule has 2 rings (SSSR count). The average Bonchev–Trinajstić information content (AvgIpc) is 2.22. The molecular formula is C10H10N2O2S. The predicted octanol–water partition coefficient (Wildman–Crippen LogP) is 0.875. The fraction of sp³-hybridized carbons (Fsp3) is 0.200. The van der Waals surface area contributed by atoms with Gasteiger partial charge in [0.05, 0.1) is 0 Å². The van der Waals surface area contributed by atoms with Crippen LogP contribution in [-0.2, 0) is 9.59 Å². The Morgan fingerprint density at radius 1 is 1.33 bits per heavy atom. The van der Waals surface area contributed by atoms with Gasteiger partial charge in [-0.1, -0.05) is 17.8 Å². The zero-order valence-electron chi connectivity index (χ0n) is 7.97. The van der Waals surface area contributed by atoms with Crippen molar-refractivity contribution in [1.29, 1.82) is 0 Å². The molecule has 1 aliphatic rings. The lowest BCUT2D eigenvalue weighted by Crippen LogP contribution is -2.41. The van der Waals surface area contributed by atoms with Crippen molar-refractivity contribution in [1.82, 2.24) is 0 Å².